The maximum absolute atomic E-state index is 8.88. The van der Waals surface area contributed by atoms with Gasteiger partial charge in [-0.3, -0.25) is 0 Å². The van der Waals surface area contributed by atoms with Crippen LogP contribution in [0.4, 0.5) is 0 Å². The molecule has 1 heterocycles. The lowest BCUT2D eigenvalue weighted by Crippen LogP contribution is -2.00. The molecular weight excluding hydrogens is 274 g/mol. The van der Waals surface area contributed by atoms with E-state index in [0.717, 1.165) is 5.56 Å². The van der Waals surface area contributed by atoms with E-state index in [2.05, 4.69) is 11.6 Å². The molecule has 3 nitrogen and oxygen atoms in total. The van der Waals surface area contributed by atoms with Crippen LogP contribution in [0.5, 0.6) is 5.75 Å². The van der Waals surface area contributed by atoms with Crippen molar-refractivity contribution in [3.05, 3.63) is 35.1 Å². The lowest BCUT2D eigenvalue weighted by atomic mass is 10.2. The molecule has 0 spiro atoms. The van der Waals surface area contributed by atoms with Gasteiger partial charge in [-0.1, -0.05) is 65.8 Å². The van der Waals surface area contributed by atoms with Crippen LogP contribution in [-0.4, -0.2) is 16.7 Å². The Balaban J connectivity index is -0.000000425. The van der Waals surface area contributed by atoms with E-state index in [-0.39, 0.29) is 11.8 Å². The number of nitrogens with zero attached hydrogens (tertiary/aromatic N) is 1. The first-order valence-corrected chi connectivity index (χ1v) is 7.57. The molecule has 20 heavy (non-hydrogen) atoms. The quantitative estimate of drug-likeness (QED) is 0.615. The van der Waals surface area contributed by atoms with Crippen LogP contribution in [0.1, 0.15) is 52.8 Å². The Morgan fingerprint density at radius 1 is 1.25 bits per heavy atom. The van der Waals surface area contributed by atoms with Crippen LogP contribution in [0.3, 0.4) is 0 Å². The molecule has 0 amide bonds. The zero-order chi connectivity index (χ0) is 16.6. The molecule has 1 rings (SSSR count). The first-order valence-electron chi connectivity index (χ1n) is 7.19. The van der Waals surface area contributed by atoms with Crippen molar-refractivity contribution in [2.75, 3.05) is 6.61 Å². The van der Waals surface area contributed by atoms with Crippen molar-refractivity contribution in [1.82, 2.24) is 4.98 Å². The summed E-state index contributed by atoms with van der Waals surface area (Å²) >= 11 is 5.87. The highest BCUT2D eigenvalue weighted by atomic mass is 35.5. The fourth-order valence-electron chi connectivity index (χ4n) is 1.08. The number of rotatable bonds is 4. The minimum absolute atomic E-state index is 0.123. The number of aliphatic hydroxyl groups excluding tert-OH is 1. The monoisotopic (exact) mass is 303 g/mol. The second-order valence-electron chi connectivity index (χ2n) is 2.81. The molecule has 0 aliphatic rings. The molecule has 1 aromatic rings. The van der Waals surface area contributed by atoms with Gasteiger partial charge in [-0.25, -0.2) is 4.98 Å². The van der Waals surface area contributed by atoms with Crippen molar-refractivity contribution in [2.24, 2.45) is 0 Å². The maximum Gasteiger partial charge on any atom is 0.171 e. The van der Waals surface area contributed by atoms with Crippen LogP contribution in [0, 0.1) is 6.92 Å². The number of hydrogen-bond donors (Lipinski definition) is 1. The molecule has 0 aromatic carbocycles. The van der Waals surface area contributed by atoms with Crippen molar-refractivity contribution in [3.63, 3.8) is 0 Å². The zero-order valence-electron chi connectivity index (χ0n) is 14.0. The van der Waals surface area contributed by atoms with Crippen molar-refractivity contribution >= 4 is 11.6 Å². The molecule has 1 N–H and O–H groups in total. The summed E-state index contributed by atoms with van der Waals surface area (Å²) in [7, 11) is 0. The van der Waals surface area contributed by atoms with E-state index in [1.807, 2.05) is 48.5 Å². The summed E-state index contributed by atoms with van der Waals surface area (Å²) in [6.45, 7) is 17.7. The molecule has 0 fully saturated rings. The number of ether oxygens (including phenoxy) is 1. The summed E-state index contributed by atoms with van der Waals surface area (Å²) in [5.41, 5.74) is 1.40. The zero-order valence-corrected chi connectivity index (χ0v) is 14.7. The molecule has 118 valence electrons. The Morgan fingerprint density at radius 3 is 2.10 bits per heavy atom. The van der Waals surface area contributed by atoms with E-state index >= 15 is 0 Å². The van der Waals surface area contributed by atoms with Gasteiger partial charge in [0.1, 0.15) is 6.61 Å². The van der Waals surface area contributed by atoms with Crippen molar-refractivity contribution < 1.29 is 9.84 Å². The molecule has 0 radical (unpaired) electrons. The third kappa shape index (κ3) is 9.82. The number of halogens is 1. The fraction of sp³-hybridized carbons (Fsp3) is 0.562. The summed E-state index contributed by atoms with van der Waals surface area (Å²) in [6.07, 6.45) is 1.63. The van der Waals surface area contributed by atoms with E-state index in [4.69, 9.17) is 21.4 Å². The highest BCUT2D eigenvalue weighted by Gasteiger charge is 2.08. The van der Waals surface area contributed by atoms with E-state index in [1.165, 1.54) is 0 Å². The van der Waals surface area contributed by atoms with Gasteiger partial charge in [0, 0.05) is 0 Å². The standard InChI is InChI=1S/C10H12ClNO2.3C2H6/c1-3-4-14-9-7(2)5-8(6-13)12-10(9)11;3*1-2/h3,5,13H,1,4,6H2,2H3;3*1-2H3. The molecule has 0 aliphatic carbocycles. The Hall–Kier alpha value is -1.06. The van der Waals surface area contributed by atoms with E-state index in [1.54, 1.807) is 12.1 Å². The highest BCUT2D eigenvalue weighted by Crippen LogP contribution is 2.27. The summed E-state index contributed by atoms with van der Waals surface area (Å²) in [4.78, 5) is 3.96. The van der Waals surface area contributed by atoms with Gasteiger partial charge < -0.3 is 9.84 Å². The van der Waals surface area contributed by atoms with Gasteiger partial charge >= 0.3 is 0 Å². The summed E-state index contributed by atoms with van der Waals surface area (Å²) in [5.74, 6) is 0.545. The number of aliphatic hydroxyl groups is 1. The van der Waals surface area contributed by atoms with Gasteiger partial charge in [-0.2, -0.15) is 0 Å². The Bertz CT molecular complexity index is 318. The summed E-state index contributed by atoms with van der Waals surface area (Å²) < 4.78 is 5.32. The van der Waals surface area contributed by atoms with Crippen LogP contribution >= 0.6 is 11.6 Å². The molecule has 1 aromatic heterocycles. The summed E-state index contributed by atoms with van der Waals surface area (Å²) in [5, 5.41) is 9.15. The SMILES string of the molecule is C=CCOc1c(C)cc(CO)nc1Cl.CC.CC.CC. The smallest absolute Gasteiger partial charge is 0.171 e. The predicted octanol–water partition coefficient (Wildman–Crippen LogP) is 5.18. The second kappa shape index (κ2) is 17.9. The maximum atomic E-state index is 8.88. The van der Waals surface area contributed by atoms with Crippen LogP contribution in [0.2, 0.25) is 5.15 Å². The fourth-order valence-corrected chi connectivity index (χ4v) is 1.40. The van der Waals surface area contributed by atoms with Crippen LogP contribution < -0.4 is 4.74 Å². The van der Waals surface area contributed by atoms with E-state index in [9.17, 15) is 0 Å². The normalized spacial score (nSPS) is 7.85. The van der Waals surface area contributed by atoms with E-state index < -0.39 is 0 Å². The van der Waals surface area contributed by atoms with Crippen molar-refractivity contribution in [3.8, 4) is 5.75 Å². The third-order valence-electron chi connectivity index (χ3n) is 1.68. The third-order valence-corrected chi connectivity index (χ3v) is 1.93. The predicted molar refractivity (Wildman–Crippen MR) is 89.6 cm³/mol. The number of pyridine rings is 1. The molecule has 0 aliphatic heterocycles. The first kappa shape index (κ1) is 24.0. The molecule has 0 saturated carbocycles. The second-order valence-corrected chi connectivity index (χ2v) is 3.17. The molecule has 0 bridgehead atoms. The van der Waals surface area contributed by atoms with Gasteiger partial charge in [-0.15, -0.1) is 0 Å². The lowest BCUT2D eigenvalue weighted by Gasteiger charge is -2.09. The number of hydrogen-bond acceptors (Lipinski definition) is 3. The Labute approximate surface area is 129 Å². The average molecular weight is 304 g/mol. The lowest BCUT2D eigenvalue weighted by molar-refractivity contribution is 0.276. The molecule has 0 unspecified atom stereocenters. The Kier molecular flexibility index (Phi) is 21.5. The molecule has 4 heteroatoms. The van der Waals surface area contributed by atoms with Gasteiger partial charge in [0.15, 0.2) is 10.9 Å². The van der Waals surface area contributed by atoms with E-state index in [0.29, 0.717) is 18.1 Å². The highest BCUT2D eigenvalue weighted by molar-refractivity contribution is 6.31. The van der Waals surface area contributed by atoms with Crippen LogP contribution in [0.25, 0.3) is 0 Å². The minimum atomic E-state index is -0.123. The van der Waals surface area contributed by atoms with Gasteiger partial charge in [0.25, 0.3) is 0 Å². The molecule has 0 atom stereocenters. The molecular formula is C16H30ClNO2. The van der Waals surface area contributed by atoms with Gasteiger partial charge in [0.2, 0.25) is 0 Å². The topological polar surface area (TPSA) is 42.4 Å². The first-order chi connectivity index (χ1) is 9.69. The number of aromatic nitrogens is 1. The van der Waals surface area contributed by atoms with Gasteiger partial charge in [-0.05, 0) is 18.6 Å². The Morgan fingerprint density at radius 2 is 1.75 bits per heavy atom. The average Bonchev–Trinajstić information content (AvgIpc) is 2.52. The van der Waals surface area contributed by atoms with Gasteiger partial charge in [0.05, 0.1) is 12.3 Å². The van der Waals surface area contributed by atoms with Crippen LogP contribution in [-0.2, 0) is 6.61 Å². The van der Waals surface area contributed by atoms with Crippen molar-refractivity contribution in [2.45, 2.75) is 55.1 Å². The molecule has 0 saturated heterocycles. The minimum Gasteiger partial charge on any atom is -0.486 e. The van der Waals surface area contributed by atoms with Crippen LogP contribution in [0.15, 0.2) is 18.7 Å². The summed E-state index contributed by atoms with van der Waals surface area (Å²) in [6, 6.07) is 1.74. The van der Waals surface area contributed by atoms with Crippen molar-refractivity contribution in [1.29, 1.82) is 0 Å². The largest absolute Gasteiger partial charge is 0.486 e. The number of aryl methyl sites for hydroxylation is 1.